The van der Waals surface area contributed by atoms with Crippen molar-refractivity contribution >= 4 is 52.9 Å². The Morgan fingerprint density at radius 3 is 2.72 bits per heavy atom. The molecule has 158 valence electrons. The van der Waals surface area contributed by atoms with Crippen molar-refractivity contribution in [1.82, 2.24) is 15.6 Å². The molecular formula is C21H30IN5OS. The zero-order chi connectivity index (χ0) is 19.9. The van der Waals surface area contributed by atoms with Crippen molar-refractivity contribution in [2.24, 2.45) is 4.99 Å². The highest BCUT2D eigenvalue weighted by atomic mass is 127. The Hall–Kier alpha value is -1.68. The molecule has 0 saturated heterocycles. The second-order valence-corrected chi connectivity index (χ2v) is 8.24. The minimum atomic E-state index is 0. The molecule has 1 aromatic carbocycles. The van der Waals surface area contributed by atoms with Gasteiger partial charge in [0.15, 0.2) is 5.96 Å². The van der Waals surface area contributed by atoms with E-state index < -0.39 is 0 Å². The van der Waals surface area contributed by atoms with E-state index in [2.05, 4.69) is 33.6 Å². The Kier molecular flexibility index (Phi) is 9.35. The second-order valence-electron chi connectivity index (χ2n) is 6.95. The number of rotatable bonds is 7. The number of benzene rings is 1. The third-order valence-corrected chi connectivity index (χ3v) is 6.11. The smallest absolute Gasteiger partial charge is 0.227 e. The van der Waals surface area contributed by atoms with Crippen LogP contribution in [-0.4, -0.2) is 43.5 Å². The molecule has 0 radical (unpaired) electrons. The maximum absolute atomic E-state index is 12.5. The zero-order valence-electron chi connectivity index (χ0n) is 17.3. The molecular weight excluding hydrogens is 497 g/mol. The minimum absolute atomic E-state index is 0. The third kappa shape index (κ3) is 6.40. The summed E-state index contributed by atoms with van der Waals surface area (Å²) >= 11 is 1.75. The third-order valence-electron chi connectivity index (χ3n) is 4.98. The van der Waals surface area contributed by atoms with E-state index in [0.29, 0.717) is 6.42 Å². The fraction of sp³-hybridized carbons (Fsp3) is 0.476. The van der Waals surface area contributed by atoms with Gasteiger partial charge in [-0.15, -0.1) is 35.3 Å². The predicted octanol–water partition coefficient (Wildman–Crippen LogP) is 3.45. The molecule has 1 aliphatic rings. The Balaban J connectivity index is 0.00000300. The molecule has 2 aromatic rings. The van der Waals surface area contributed by atoms with E-state index in [1.54, 1.807) is 18.4 Å². The van der Waals surface area contributed by atoms with Gasteiger partial charge in [-0.05, 0) is 38.3 Å². The van der Waals surface area contributed by atoms with Gasteiger partial charge in [0.25, 0.3) is 0 Å². The number of aryl methyl sites for hydroxylation is 2. The molecule has 0 aliphatic carbocycles. The number of fused-ring (bicyclic) bond motifs is 1. The average molecular weight is 527 g/mol. The predicted molar refractivity (Wildman–Crippen MR) is 132 cm³/mol. The first-order valence-electron chi connectivity index (χ1n) is 9.84. The number of amides is 1. The van der Waals surface area contributed by atoms with E-state index in [1.165, 1.54) is 10.4 Å². The standard InChI is InChI=1S/C21H29N5OS.HI/c1-15-16(2)28-19(25-15)10-13-24-21(22-3)23-12-6-9-20(27)26-14-11-17-7-4-5-8-18(17)26;/h4-5,7-8H,6,9-14H2,1-3H3,(H2,22,23,24);1H. The molecule has 0 bridgehead atoms. The van der Waals surface area contributed by atoms with Gasteiger partial charge in [0.05, 0.1) is 10.7 Å². The first-order valence-corrected chi connectivity index (χ1v) is 10.7. The largest absolute Gasteiger partial charge is 0.356 e. The minimum Gasteiger partial charge on any atom is -0.356 e. The topological polar surface area (TPSA) is 69.6 Å². The Morgan fingerprint density at radius 1 is 1.24 bits per heavy atom. The van der Waals surface area contributed by atoms with Crippen molar-refractivity contribution in [3.8, 4) is 0 Å². The van der Waals surface area contributed by atoms with Crippen LogP contribution < -0.4 is 15.5 Å². The van der Waals surface area contributed by atoms with Crippen molar-refractivity contribution in [3.05, 3.63) is 45.4 Å². The first-order chi connectivity index (χ1) is 13.6. The lowest BCUT2D eigenvalue weighted by molar-refractivity contribution is -0.118. The summed E-state index contributed by atoms with van der Waals surface area (Å²) in [5.41, 5.74) is 3.46. The number of aromatic nitrogens is 1. The van der Waals surface area contributed by atoms with E-state index in [9.17, 15) is 4.79 Å². The summed E-state index contributed by atoms with van der Waals surface area (Å²) in [4.78, 5) is 24.5. The molecule has 1 aliphatic heterocycles. The number of halogens is 1. The number of anilines is 1. The monoisotopic (exact) mass is 527 g/mol. The van der Waals surface area contributed by atoms with Crippen LogP contribution in [0.3, 0.4) is 0 Å². The summed E-state index contributed by atoms with van der Waals surface area (Å²) in [5.74, 6) is 0.966. The van der Waals surface area contributed by atoms with Gasteiger partial charge in [0.2, 0.25) is 5.91 Å². The number of nitrogens with zero attached hydrogens (tertiary/aromatic N) is 3. The van der Waals surface area contributed by atoms with Gasteiger partial charge in [-0.3, -0.25) is 9.79 Å². The number of hydrogen-bond acceptors (Lipinski definition) is 4. The van der Waals surface area contributed by atoms with Crippen LogP contribution in [-0.2, 0) is 17.6 Å². The van der Waals surface area contributed by atoms with Crippen LogP contribution in [0, 0.1) is 13.8 Å². The molecule has 0 fully saturated rings. The molecule has 0 unspecified atom stereocenters. The number of carbonyl (C=O) groups excluding carboxylic acids is 1. The molecule has 2 N–H and O–H groups in total. The van der Waals surface area contributed by atoms with Crippen molar-refractivity contribution < 1.29 is 4.79 Å². The van der Waals surface area contributed by atoms with E-state index >= 15 is 0 Å². The number of guanidine groups is 1. The average Bonchev–Trinajstić information content (AvgIpc) is 3.26. The van der Waals surface area contributed by atoms with E-state index in [1.807, 2.05) is 30.0 Å². The van der Waals surface area contributed by atoms with Gasteiger partial charge in [0, 0.05) is 50.1 Å². The lowest BCUT2D eigenvalue weighted by Gasteiger charge is -2.17. The van der Waals surface area contributed by atoms with Crippen molar-refractivity contribution in [2.75, 3.05) is 31.6 Å². The molecule has 29 heavy (non-hydrogen) atoms. The summed E-state index contributed by atoms with van der Waals surface area (Å²) in [6.45, 7) is 6.45. The van der Waals surface area contributed by atoms with E-state index in [-0.39, 0.29) is 29.9 Å². The number of nitrogens with one attached hydrogen (secondary N) is 2. The van der Waals surface area contributed by atoms with Gasteiger partial charge in [-0.2, -0.15) is 0 Å². The number of hydrogen-bond donors (Lipinski definition) is 2. The van der Waals surface area contributed by atoms with Gasteiger partial charge >= 0.3 is 0 Å². The number of aliphatic imine (C=N–C) groups is 1. The van der Waals surface area contributed by atoms with Crippen LogP contribution in [0.4, 0.5) is 5.69 Å². The summed E-state index contributed by atoms with van der Waals surface area (Å²) in [6, 6.07) is 8.17. The molecule has 8 heteroatoms. The SMILES string of the molecule is CN=C(NCCCC(=O)N1CCc2ccccc21)NCCc1nc(C)c(C)s1.I. The van der Waals surface area contributed by atoms with E-state index in [0.717, 1.165) is 61.2 Å². The highest BCUT2D eigenvalue weighted by molar-refractivity contribution is 14.0. The quantitative estimate of drug-likeness (QED) is 0.251. The molecule has 0 saturated carbocycles. The normalized spacial score (nSPS) is 13.1. The van der Waals surface area contributed by atoms with Gasteiger partial charge < -0.3 is 15.5 Å². The van der Waals surface area contributed by atoms with Gasteiger partial charge in [-0.25, -0.2) is 4.98 Å². The van der Waals surface area contributed by atoms with Crippen molar-refractivity contribution in [2.45, 2.75) is 39.5 Å². The lowest BCUT2D eigenvalue weighted by atomic mass is 10.2. The van der Waals surface area contributed by atoms with E-state index in [4.69, 9.17) is 0 Å². The Bertz CT molecular complexity index is 832. The molecule has 1 aromatic heterocycles. The molecule has 3 rings (SSSR count). The molecule has 0 atom stereocenters. The van der Waals surface area contributed by atoms with Crippen LogP contribution in [0.5, 0.6) is 0 Å². The second kappa shape index (κ2) is 11.5. The molecule has 6 nitrogen and oxygen atoms in total. The van der Waals surface area contributed by atoms with Crippen LogP contribution in [0.25, 0.3) is 0 Å². The van der Waals surface area contributed by atoms with Gasteiger partial charge in [-0.1, -0.05) is 18.2 Å². The molecule has 2 heterocycles. The number of carbonyl (C=O) groups is 1. The fourth-order valence-electron chi connectivity index (χ4n) is 3.33. The summed E-state index contributed by atoms with van der Waals surface area (Å²) in [7, 11) is 1.76. The highest BCUT2D eigenvalue weighted by Crippen LogP contribution is 2.27. The number of para-hydroxylation sites is 1. The van der Waals surface area contributed by atoms with Gasteiger partial charge in [0.1, 0.15) is 0 Å². The molecule has 0 spiro atoms. The maximum Gasteiger partial charge on any atom is 0.227 e. The fourth-order valence-corrected chi connectivity index (χ4v) is 4.27. The van der Waals surface area contributed by atoms with Crippen molar-refractivity contribution in [1.29, 1.82) is 0 Å². The van der Waals surface area contributed by atoms with Crippen LogP contribution in [0.1, 0.15) is 34.0 Å². The summed E-state index contributed by atoms with van der Waals surface area (Å²) < 4.78 is 0. The Morgan fingerprint density at radius 2 is 2.00 bits per heavy atom. The van der Waals surface area contributed by atoms with Crippen LogP contribution in [0.15, 0.2) is 29.3 Å². The lowest BCUT2D eigenvalue weighted by Crippen LogP contribution is -2.39. The Labute approximate surface area is 194 Å². The zero-order valence-corrected chi connectivity index (χ0v) is 20.5. The molecule has 1 amide bonds. The summed E-state index contributed by atoms with van der Waals surface area (Å²) in [5, 5.41) is 7.75. The van der Waals surface area contributed by atoms with Crippen LogP contribution in [0.2, 0.25) is 0 Å². The highest BCUT2D eigenvalue weighted by Gasteiger charge is 2.23. The number of thiazole rings is 1. The summed E-state index contributed by atoms with van der Waals surface area (Å²) in [6.07, 6.45) is 3.15. The first kappa shape index (κ1) is 23.6. The van der Waals surface area contributed by atoms with Crippen LogP contribution >= 0.6 is 35.3 Å². The maximum atomic E-state index is 12.5. The van der Waals surface area contributed by atoms with Crippen molar-refractivity contribution in [3.63, 3.8) is 0 Å².